The quantitative estimate of drug-likeness (QED) is 0.833. The molecule has 0 bridgehead atoms. The van der Waals surface area contributed by atoms with Crippen molar-refractivity contribution in [2.45, 2.75) is 13.0 Å². The predicted molar refractivity (Wildman–Crippen MR) is 67.2 cm³/mol. The molecule has 1 aromatic rings. The summed E-state index contributed by atoms with van der Waals surface area (Å²) in [5, 5.41) is 9.03. The number of aliphatic hydroxyl groups is 1. The maximum atomic E-state index is 12.1. The first-order valence-electron chi connectivity index (χ1n) is 5.48. The molecule has 1 N–H and O–H groups in total. The first kappa shape index (κ1) is 13.4. The van der Waals surface area contributed by atoms with Gasteiger partial charge in [-0.15, -0.1) is 0 Å². The molecule has 94 valence electrons. The molecule has 0 aliphatic heterocycles. The van der Waals surface area contributed by atoms with Crippen LogP contribution in [0.2, 0.25) is 0 Å². The Kier molecular flexibility index (Phi) is 4.45. The summed E-state index contributed by atoms with van der Waals surface area (Å²) in [6, 6.07) is 3.22. The van der Waals surface area contributed by atoms with Crippen LogP contribution < -0.4 is 4.90 Å². The van der Waals surface area contributed by atoms with Crippen LogP contribution in [0.15, 0.2) is 18.3 Å². The number of carbonyl (C=O) groups excluding carboxylic acids is 1. The number of aromatic nitrogens is 1. The number of nitrogens with zero attached hydrogens (tertiary/aromatic N) is 3. The number of aliphatic hydroxyl groups excluding tert-OH is 1. The van der Waals surface area contributed by atoms with Crippen LogP contribution in [-0.2, 0) is 0 Å². The predicted octanol–water partition coefficient (Wildman–Crippen LogP) is 0.600. The number of pyridine rings is 1. The minimum atomic E-state index is -0.196. The maximum Gasteiger partial charge on any atom is 0.254 e. The molecule has 5 heteroatoms. The standard InChI is InChI=1S/C12H19N3O2/c1-9(8-16)15(4)12(17)10-5-6-13-11(7-10)14(2)3/h5-7,9,16H,8H2,1-4H3. The van der Waals surface area contributed by atoms with E-state index in [0.717, 1.165) is 5.82 Å². The van der Waals surface area contributed by atoms with Crippen LogP contribution in [0.4, 0.5) is 5.82 Å². The van der Waals surface area contributed by atoms with E-state index in [1.807, 2.05) is 19.0 Å². The molecule has 1 heterocycles. The Bertz CT molecular complexity index is 393. The first-order chi connectivity index (χ1) is 7.97. The van der Waals surface area contributed by atoms with Crippen molar-refractivity contribution >= 4 is 11.7 Å². The van der Waals surface area contributed by atoms with Gasteiger partial charge in [0.25, 0.3) is 5.91 Å². The summed E-state index contributed by atoms with van der Waals surface area (Å²) in [5.41, 5.74) is 0.575. The van der Waals surface area contributed by atoms with Gasteiger partial charge < -0.3 is 14.9 Å². The minimum absolute atomic E-state index is 0.0478. The van der Waals surface area contributed by atoms with Gasteiger partial charge in [0.15, 0.2) is 0 Å². The van der Waals surface area contributed by atoms with E-state index >= 15 is 0 Å². The molecule has 1 atom stereocenters. The van der Waals surface area contributed by atoms with Gasteiger partial charge in [-0.25, -0.2) is 4.98 Å². The third kappa shape index (κ3) is 3.17. The third-order valence-electron chi connectivity index (χ3n) is 2.70. The number of amides is 1. The molecule has 17 heavy (non-hydrogen) atoms. The lowest BCUT2D eigenvalue weighted by molar-refractivity contribution is 0.0682. The summed E-state index contributed by atoms with van der Waals surface area (Å²) < 4.78 is 0. The maximum absolute atomic E-state index is 12.1. The van der Waals surface area contributed by atoms with Crippen LogP contribution in [0.5, 0.6) is 0 Å². The van der Waals surface area contributed by atoms with Gasteiger partial charge in [-0.3, -0.25) is 4.79 Å². The highest BCUT2D eigenvalue weighted by Gasteiger charge is 2.17. The van der Waals surface area contributed by atoms with Gasteiger partial charge in [-0.05, 0) is 19.1 Å². The fourth-order valence-electron chi connectivity index (χ4n) is 1.32. The Morgan fingerprint density at radius 3 is 2.65 bits per heavy atom. The summed E-state index contributed by atoms with van der Waals surface area (Å²) >= 11 is 0. The van der Waals surface area contributed by atoms with Crippen LogP contribution in [0.3, 0.4) is 0 Å². The van der Waals surface area contributed by atoms with Crippen molar-refractivity contribution < 1.29 is 9.90 Å². The highest BCUT2D eigenvalue weighted by molar-refractivity contribution is 5.94. The van der Waals surface area contributed by atoms with Crippen molar-refractivity contribution in [1.82, 2.24) is 9.88 Å². The molecule has 0 spiro atoms. The second kappa shape index (κ2) is 5.63. The SMILES string of the molecule is CC(CO)N(C)C(=O)c1ccnc(N(C)C)c1. The number of carbonyl (C=O) groups is 1. The lowest BCUT2D eigenvalue weighted by atomic mass is 10.2. The topological polar surface area (TPSA) is 56.7 Å². The van der Waals surface area contributed by atoms with Crippen LogP contribution in [-0.4, -0.2) is 54.7 Å². The fraction of sp³-hybridized carbons (Fsp3) is 0.500. The van der Waals surface area contributed by atoms with Gasteiger partial charge in [-0.1, -0.05) is 0 Å². The lowest BCUT2D eigenvalue weighted by Crippen LogP contribution is -2.37. The van der Waals surface area contributed by atoms with Gasteiger partial charge in [0.1, 0.15) is 5.82 Å². The molecule has 5 nitrogen and oxygen atoms in total. The van der Waals surface area contributed by atoms with Crippen molar-refractivity contribution in [2.24, 2.45) is 0 Å². The minimum Gasteiger partial charge on any atom is -0.394 e. The number of rotatable bonds is 4. The smallest absolute Gasteiger partial charge is 0.254 e. The van der Waals surface area contributed by atoms with Crippen molar-refractivity contribution in [3.05, 3.63) is 23.9 Å². The van der Waals surface area contributed by atoms with Crippen molar-refractivity contribution in [1.29, 1.82) is 0 Å². The molecular weight excluding hydrogens is 218 g/mol. The Hall–Kier alpha value is -1.62. The van der Waals surface area contributed by atoms with E-state index in [4.69, 9.17) is 5.11 Å². The molecule has 1 aromatic heterocycles. The van der Waals surface area contributed by atoms with Gasteiger partial charge >= 0.3 is 0 Å². The zero-order valence-electron chi connectivity index (χ0n) is 10.7. The monoisotopic (exact) mass is 237 g/mol. The Morgan fingerprint density at radius 1 is 1.47 bits per heavy atom. The van der Waals surface area contributed by atoms with Crippen molar-refractivity contribution in [3.8, 4) is 0 Å². The van der Waals surface area contributed by atoms with E-state index in [1.54, 1.807) is 32.3 Å². The average molecular weight is 237 g/mol. The molecule has 1 rings (SSSR count). The first-order valence-corrected chi connectivity index (χ1v) is 5.48. The summed E-state index contributed by atoms with van der Waals surface area (Å²) in [6.07, 6.45) is 1.61. The Morgan fingerprint density at radius 2 is 2.12 bits per heavy atom. The largest absolute Gasteiger partial charge is 0.394 e. The van der Waals surface area contributed by atoms with E-state index < -0.39 is 0 Å². The molecule has 0 aromatic carbocycles. The molecule has 0 saturated heterocycles. The molecule has 0 radical (unpaired) electrons. The number of likely N-dealkylation sites (N-methyl/N-ethyl adjacent to an activating group) is 1. The highest BCUT2D eigenvalue weighted by Crippen LogP contribution is 2.12. The van der Waals surface area contributed by atoms with E-state index in [1.165, 1.54) is 4.90 Å². The van der Waals surface area contributed by atoms with E-state index in [9.17, 15) is 4.79 Å². The van der Waals surface area contributed by atoms with E-state index in [-0.39, 0.29) is 18.6 Å². The normalized spacial score (nSPS) is 12.1. The molecule has 0 aliphatic rings. The number of anilines is 1. The van der Waals surface area contributed by atoms with Crippen molar-refractivity contribution in [2.75, 3.05) is 32.6 Å². The Labute approximate surface area is 102 Å². The summed E-state index contributed by atoms with van der Waals surface area (Å²) in [4.78, 5) is 19.6. The lowest BCUT2D eigenvalue weighted by Gasteiger charge is -2.23. The van der Waals surface area contributed by atoms with Crippen LogP contribution in [0, 0.1) is 0 Å². The second-order valence-electron chi connectivity index (χ2n) is 4.24. The average Bonchev–Trinajstić information content (AvgIpc) is 2.36. The van der Waals surface area contributed by atoms with Crippen molar-refractivity contribution in [3.63, 3.8) is 0 Å². The number of hydrogen-bond acceptors (Lipinski definition) is 4. The zero-order chi connectivity index (χ0) is 13.0. The zero-order valence-corrected chi connectivity index (χ0v) is 10.7. The fourth-order valence-corrected chi connectivity index (χ4v) is 1.32. The van der Waals surface area contributed by atoms with Crippen LogP contribution in [0.25, 0.3) is 0 Å². The number of hydrogen-bond donors (Lipinski definition) is 1. The molecule has 1 unspecified atom stereocenters. The van der Waals surface area contributed by atoms with E-state index in [0.29, 0.717) is 5.56 Å². The highest BCUT2D eigenvalue weighted by atomic mass is 16.3. The van der Waals surface area contributed by atoms with Crippen LogP contribution in [0.1, 0.15) is 17.3 Å². The van der Waals surface area contributed by atoms with Gasteiger partial charge in [0, 0.05) is 32.9 Å². The molecular formula is C12H19N3O2. The Balaban J connectivity index is 2.92. The van der Waals surface area contributed by atoms with Crippen LogP contribution >= 0.6 is 0 Å². The summed E-state index contributed by atoms with van der Waals surface area (Å²) in [5.74, 6) is 0.623. The summed E-state index contributed by atoms with van der Waals surface area (Å²) in [7, 11) is 5.42. The summed E-state index contributed by atoms with van der Waals surface area (Å²) in [6.45, 7) is 1.75. The molecule has 0 saturated carbocycles. The van der Waals surface area contributed by atoms with Gasteiger partial charge in [0.2, 0.25) is 0 Å². The third-order valence-corrected chi connectivity index (χ3v) is 2.70. The molecule has 1 amide bonds. The van der Waals surface area contributed by atoms with Gasteiger partial charge in [0.05, 0.1) is 12.6 Å². The van der Waals surface area contributed by atoms with E-state index in [2.05, 4.69) is 4.98 Å². The second-order valence-corrected chi connectivity index (χ2v) is 4.24. The van der Waals surface area contributed by atoms with Gasteiger partial charge in [-0.2, -0.15) is 0 Å². The molecule has 0 aliphatic carbocycles. The molecule has 0 fully saturated rings.